The zero-order valence-electron chi connectivity index (χ0n) is 11.3. The quantitative estimate of drug-likeness (QED) is 0.730. The molecule has 0 bridgehead atoms. The highest BCUT2D eigenvalue weighted by Gasteiger charge is 2.11. The van der Waals surface area contributed by atoms with Crippen molar-refractivity contribution in [3.8, 4) is 0 Å². The lowest BCUT2D eigenvalue weighted by Crippen LogP contribution is -2.14. The minimum atomic E-state index is 0.984. The Hall–Kier alpha value is -2.54. The average molecular weight is 259 g/mol. The van der Waals surface area contributed by atoms with Crippen LogP contribution >= 0.6 is 0 Å². The summed E-state index contributed by atoms with van der Waals surface area (Å²) in [5.74, 6) is 0. The van der Waals surface area contributed by atoms with Crippen LogP contribution in [0.3, 0.4) is 0 Å². The molecule has 98 valence electrons. The van der Waals surface area contributed by atoms with Crippen molar-refractivity contribution in [2.75, 3.05) is 4.90 Å². The Morgan fingerprint density at radius 3 is 1.90 bits per heavy atom. The molecule has 0 spiro atoms. The first-order valence-electron chi connectivity index (χ1n) is 6.89. The molecule has 0 saturated carbocycles. The molecular formula is C19H17N. The normalized spacial score (nSPS) is 13.7. The van der Waals surface area contributed by atoms with Crippen molar-refractivity contribution in [2.24, 2.45) is 0 Å². The minimum absolute atomic E-state index is 0.984. The Morgan fingerprint density at radius 2 is 1.30 bits per heavy atom. The Labute approximate surface area is 120 Å². The van der Waals surface area contributed by atoms with Crippen molar-refractivity contribution in [1.29, 1.82) is 0 Å². The van der Waals surface area contributed by atoms with E-state index in [-0.39, 0.29) is 0 Å². The molecule has 0 radical (unpaired) electrons. The van der Waals surface area contributed by atoms with Gasteiger partial charge in [-0.05, 0) is 42.8 Å². The summed E-state index contributed by atoms with van der Waals surface area (Å²) in [4.78, 5) is 2.27. The topological polar surface area (TPSA) is 3.24 Å². The van der Waals surface area contributed by atoms with Gasteiger partial charge in [0.25, 0.3) is 0 Å². The van der Waals surface area contributed by atoms with Gasteiger partial charge in [-0.25, -0.2) is 0 Å². The van der Waals surface area contributed by atoms with Gasteiger partial charge in [0.2, 0.25) is 0 Å². The molecule has 0 atom stereocenters. The van der Waals surface area contributed by atoms with Gasteiger partial charge in [0.15, 0.2) is 0 Å². The van der Waals surface area contributed by atoms with Crippen LogP contribution in [0.4, 0.5) is 11.4 Å². The smallest absolute Gasteiger partial charge is 0.0461 e. The van der Waals surface area contributed by atoms with Crippen molar-refractivity contribution in [3.63, 3.8) is 0 Å². The Kier molecular flexibility index (Phi) is 3.79. The first-order chi connectivity index (χ1) is 9.95. The predicted octanol–water partition coefficient (Wildman–Crippen LogP) is 5.22. The number of nitrogens with zero attached hydrogens (tertiary/aromatic N) is 1. The second-order valence-corrected chi connectivity index (χ2v) is 4.66. The van der Waals surface area contributed by atoms with Gasteiger partial charge in [-0.2, -0.15) is 0 Å². The summed E-state index contributed by atoms with van der Waals surface area (Å²) in [6.45, 7) is 0. The molecule has 0 amide bonds. The lowest BCUT2D eigenvalue weighted by atomic mass is 10.2. The van der Waals surface area contributed by atoms with Gasteiger partial charge >= 0.3 is 0 Å². The van der Waals surface area contributed by atoms with Gasteiger partial charge in [-0.15, -0.1) is 0 Å². The zero-order valence-corrected chi connectivity index (χ0v) is 11.3. The third-order valence-electron chi connectivity index (χ3n) is 3.25. The van der Waals surface area contributed by atoms with Crippen LogP contribution in [0.1, 0.15) is 6.42 Å². The average Bonchev–Trinajstić information content (AvgIpc) is 2.79. The first kappa shape index (κ1) is 12.5. The van der Waals surface area contributed by atoms with Crippen LogP contribution in [0, 0.1) is 0 Å². The molecule has 0 unspecified atom stereocenters. The lowest BCUT2D eigenvalue weighted by molar-refractivity contribution is 1.21. The van der Waals surface area contributed by atoms with E-state index in [4.69, 9.17) is 0 Å². The standard InChI is InChI=1S/C19H17N/c1-2-6-12-17(11-5-1)20(18-13-7-3-8-14-18)19-15-9-4-10-16-19/h1,3-16H,2H2. The van der Waals surface area contributed by atoms with Crippen LogP contribution < -0.4 is 4.90 Å². The maximum atomic E-state index is 2.27. The summed E-state index contributed by atoms with van der Waals surface area (Å²) >= 11 is 0. The van der Waals surface area contributed by atoms with E-state index in [9.17, 15) is 0 Å². The number of anilines is 2. The molecule has 1 aliphatic carbocycles. The largest absolute Gasteiger partial charge is 0.311 e. The van der Waals surface area contributed by atoms with Crippen LogP contribution in [0.2, 0.25) is 0 Å². The Balaban J connectivity index is 2.09. The fraction of sp³-hybridized carbons (Fsp3) is 0.0526. The lowest BCUT2D eigenvalue weighted by Gasteiger charge is -2.26. The van der Waals surface area contributed by atoms with Crippen LogP contribution in [0.5, 0.6) is 0 Å². The van der Waals surface area contributed by atoms with Crippen LogP contribution in [0.15, 0.2) is 96.7 Å². The summed E-state index contributed by atoms with van der Waals surface area (Å²) < 4.78 is 0. The highest BCUT2D eigenvalue weighted by Crippen LogP contribution is 2.30. The number of rotatable bonds is 3. The van der Waals surface area contributed by atoms with Crippen molar-refractivity contribution < 1.29 is 0 Å². The van der Waals surface area contributed by atoms with Gasteiger partial charge in [0.1, 0.15) is 0 Å². The minimum Gasteiger partial charge on any atom is -0.311 e. The summed E-state index contributed by atoms with van der Waals surface area (Å²) in [5.41, 5.74) is 3.52. The van der Waals surface area contributed by atoms with E-state index in [0.717, 1.165) is 6.42 Å². The van der Waals surface area contributed by atoms with E-state index in [1.54, 1.807) is 0 Å². The molecule has 1 heteroatoms. The molecule has 0 N–H and O–H groups in total. The maximum absolute atomic E-state index is 2.27. The number of benzene rings is 2. The fourth-order valence-electron chi connectivity index (χ4n) is 2.32. The van der Waals surface area contributed by atoms with Crippen molar-refractivity contribution in [3.05, 3.63) is 96.7 Å². The SMILES string of the molecule is C1=CCC=CC(N(c2ccccc2)c2ccccc2)=C1. The maximum Gasteiger partial charge on any atom is 0.0461 e. The third kappa shape index (κ3) is 2.72. The van der Waals surface area contributed by atoms with Crippen LogP contribution in [-0.4, -0.2) is 0 Å². The molecule has 3 rings (SSSR count). The second-order valence-electron chi connectivity index (χ2n) is 4.66. The van der Waals surface area contributed by atoms with E-state index >= 15 is 0 Å². The van der Waals surface area contributed by atoms with Gasteiger partial charge in [0.05, 0.1) is 0 Å². The van der Waals surface area contributed by atoms with E-state index in [0.29, 0.717) is 0 Å². The molecule has 0 aromatic heterocycles. The predicted molar refractivity (Wildman–Crippen MR) is 86.0 cm³/mol. The summed E-state index contributed by atoms with van der Waals surface area (Å²) in [6.07, 6.45) is 11.8. The van der Waals surface area contributed by atoms with E-state index in [1.807, 2.05) is 12.1 Å². The highest BCUT2D eigenvalue weighted by molar-refractivity contribution is 5.70. The molecule has 2 aromatic carbocycles. The van der Waals surface area contributed by atoms with Crippen LogP contribution in [-0.2, 0) is 0 Å². The summed E-state index contributed by atoms with van der Waals surface area (Å²) in [5, 5.41) is 0. The van der Waals surface area contributed by atoms with Crippen molar-refractivity contribution in [2.45, 2.75) is 6.42 Å². The molecular weight excluding hydrogens is 242 g/mol. The van der Waals surface area contributed by atoms with Gasteiger partial charge in [-0.3, -0.25) is 0 Å². The molecule has 0 heterocycles. The van der Waals surface area contributed by atoms with Crippen LogP contribution in [0.25, 0.3) is 0 Å². The van der Waals surface area contributed by atoms with Crippen molar-refractivity contribution in [1.82, 2.24) is 0 Å². The number of para-hydroxylation sites is 2. The van der Waals surface area contributed by atoms with Crippen molar-refractivity contribution >= 4 is 11.4 Å². The molecule has 0 aliphatic heterocycles. The molecule has 0 fully saturated rings. The molecule has 1 aliphatic rings. The zero-order chi connectivity index (χ0) is 13.6. The van der Waals surface area contributed by atoms with E-state index in [1.165, 1.54) is 17.1 Å². The molecule has 20 heavy (non-hydrogen) atoms. The summed E-state index contributed by atoms with van der Waals surface area (Å²) in [7, 11) is 0. The monoisotopic (exact) mass is 259 g/mol. The number of allylic oxidation sites excluding steroid dienone is 5. The molecule has 1 nitrogen and oxygen atoms in total. The Morgan fingerprint density at radius 1 is 0.700 bits per heavy atom. The fourth-order valence-corrected chi connectivity index (χ4v) is 2.32. The van der Waals surface area contributed by atoms with E-state index in [2.05, 4.69) is 83.8 Å². The van der Waals surface area contributed by atoms with Gasteiger partial charge in [0, 0.05) is 17.1 Å². The van der Waals surface area contributed by atoms with Gasteiger partial charge in [-0.1, -0.05) is 54.6 Å². The third-order valence-corrected chi connectivity index (χ3v) is 3.25. The highest BCUT2D eigenvalue weighted by atomic mass is 15.1. The second kappa shape index (κ2) is 6.07. The number of hydrogen-bond acceptors (Lipinski definition) is 1. The first-order valence-corrected chi connectivity index (χ1v) is 6.89. The van der Waals surface area contributed by atoms with Gasteiger partial charge < -0.3 is 4.90 Å². The number of hydrogen-bond donors (Lipinski definition) is 0. The summed E-state index contributed by atoms with van der Waals surface area (Å²) in [6, 6.07) is 20.9. The Bertz CT molecular complexity index is 596. The molecule has 0 saturated heterocycles. The van der Waals surface area contributed by atoms with E-state index < -0.39 is 0 Å². The molecule has 2 aromatic rings.